The van der Waals surface area contributed by atoms with Gasteiger partial charge in [-0.25, -0.2) is 4.98 Å². The molecule has 1 saturated heterocycles. The van der Waals surface area contributed by atoms with Crippen molar-refractivity contribution in [2.45, 2.75) is 59.5 Å². The van der Waals surface area contributed by atoms with E-state index < -0.39 is 0 Å². The molecule has 186 valence electrons. The summed E-state index contributed by atoms with van der Waals surface area (Å²) >= 11 is 1.27. The number of amides is 2. The number of benzene rings is 1. The van der Waals surface area contributed by atoms with Crippen molar-refractivity contribution >= 4 is 44.3 Å². The highest BCUT2D eigenvalue weighted by molar-refractivity contribution is 7.22. The minimum atomic E-state index is -0.291. The van der Waals surface area contributed by atoms with E-state index in [4.69, 9.17) is 0 Å². The SMILES string of the molecule is CCc1cccc(C)c1NC(=O)Cn1cnc2nc(N3CCC[C@@H](C(=O)NC(C)C)C3)sc2c1=O. The Morgan fingerprint density at radius 3 is 2.83 bits per heavy atom. The number of aryl methyl sites for hydroxylation is 2. The summed E-state index contributed by atoms with van der Waals surface area (Å²) in [5.41, 5.74) is 2.90. The van der Waals surface area contributed by atoms with Gasteiger partial charge in [-0.2, -0.15) is 4.98 Å². The number of para-hydroxylation sites is 1. The quantitative estimate of drug-likeness (QED) is 0.520. The Morgan fingerprint density at radius 1 is 1.29 bits per heavy atom. The molecule has 0 radical (unpaired) electrons. The fourth-order valence-corrected chi connectivity index (χ4v) is 5.39. The number of nitrogens with one attached hydrogen (secondary N) is 2. The molecule has 9 nitrogen and oxygen atoms in total. The number of carbonyl (C=O) groups excluding carboxylic acids is 2. The molecule has 10 heteroatoms. The predicted octanol–water partition coefficient (Wildman–Crippen LogP) is 3.10. The summed E-state index contributed by atoms with van der Waals surface area (Å²) in [4.78, 5) is 49.3. The zero-order valence-corrected chi connectivity index (χ0v) is 21.4. The van der Waals surface area contributed by atoms with E-state index in [0.717, 1.165) is 42.6 Å². The lowest BCUT2D eigenvalue weighted by Gasteiger charge is -2.32. The lowest BCUT2D eigenvalue weighted by molar-refractivity contribution is -0.125. The normalized spacial score (nSPS) is 16.0. The summed E-state index contributed by atoms with van der Waals surface area (Å²) in [6, 6.07) is 6.00. The summed E-state index contributed by atoms with van der Waals surface area (Å²) in [7, 11) is 0. The molecule has 1 aliphatic rings. The van der Waals surface area contributed by atoms with Gasteiger partial charge in [0.1, 0.15) is 17.6 Å². The molecular weight excluding hydrogens is 464 g/mol. The molecule has 0 aliphatic carbocycles. The Hall–Kier alpha value is -3.27. The first-order chi connectivity index (χ1) is 16.8. The molecule has 0 bridgehead atoms. The molecule has 35 heavy (non-hydrogen) atoms. The van der Waals surface area contributed by atoms with Crippen LogP contribution in [0.5, 0.6) is 0 Å². The number of anilines is 2. The van der Waals surface area contributed by atoms with Crippen LogP contribution < -0.4 is 21.1 Å². The fourth-order valence-electron chi connectivity index (χ4n) is 4.39. The van der Waals surface area contributed by atoms with Crippen LogP contribution >= 0.6 is 11.3 Å². The van der Waals surface area contributed by atoms with Gasteiger partial charge < -0.3 is 15.5 Å². The molecule has 1 aromatic carbocycles. The molecule has 1 atom stereocenters. The Kier molecular flexibility index (Phi) is 7.49. The van der Waals surface area contributed by atoms with Crippen LogP contribution in [0.4, 0.5) is 10.8 Å². The van der Waals surface area contributed by atoms with Gasteiger partial charge in [0.15, 0.2) is 10.8 Å². The maximum atomic E-state index is 13.1. The van der Waals surface area contributed by atoms with Crippen molar-refractivity contribution in [2.24, 2.45) is 5.92 Å². The van der Waals surface area contributed by atoms with Crippen LogP contribution in [0.25, 0.3) is 10.3 Å². The van der Waals surface area contributed by atoms with E-state index in [2.05, 4.69) is 25.5 Å². The van der Waals surface area contributed by atoms with Gasteiger partial charge in [0.25, 0.3) is 5.56 Å². The highest BCUT2D eigenvalue weighted by Gasteiger charge is 2.28. The lowest BCUT2D eigenvalue weighted by atomic mass is 9.97. The van der Waals surface area contributed by atoms with E-state index >= 15 is 0 Å². The van der Waals surface area contributed by atoms with E-state index in [0.29, 0.717) is 22.0 Å². The van der Waals surface area contributed by atoms with Gasteiger partial charge in [-0.3, -0.25) is 19.0 Å². The zero-order valence-electron chi connectivity index (χ0n) is 20.6. The third-order valence-corrected chi connectivity index (χ3v) is 7.28. The van der Waals surface area contributed by atoms with E-state index in [1.165, 1.54) is 22.2 Å². The van der Waals surface area contributed by atoms with Gasteiger partial charge in [0.2, 0.25) is 11.8 Å². The van der Waals surface area contributed by atoms with Gasteiger partial charge in [-0.15, -0.1) is 0 Å². The number of nitrogens with zero attached hydrogens (tertiary/aromatic N) is 4. The van der Waals surface area contributed by atoms with E-state index in [1.54, 1.807) is 0 Å². The number of fused-ring (bicyclic) bond motifs is 1. The van der Waals surface area contributed by atoms with E-state index in [1.807, 2.05) is 45.9 Å². The lowest BCUT2D eigenvalue weighted by Crippen LogP contribution is -2.44. The standard InChI is InChI=1S/C25H32N6O3S/c1-5-17-9-6-8-16(4)20(17)28-19(32)13-31-14-26-22-21(24(31)34)35-25(29-22)30-11-7-10-18(12-30)23(33)27-15(2)3/h6,8-9,14-15,18H,5,7,10-13H2,1-4H3,(H,27,33)(H,28,32)/t18-/m1/s1. The highest BCUT2D eigenvalue weighted by atomic mass is 32.1. The maximum absolute atomic E-state index is 13.1. The molecule has 0 unspecified atom stereocenters. The summed E-state index contributed by atoms with van der Waals surface area (Å²) in [5.74, 6) is -0.338. The first-order valence-corrected chi connectivity index (χ1v) is 12.9. The molecule has 2 amide bonds. The third kappa shape index (κ3) is 5.53. The number of hydrogen-bond acceptors (Lipinski definition) is 7. The minimum absolute atomic E-state index is 0.0530. The molecule has 4 rings (SSSR count). The van der Waals surface area contributed by atoms with Crippen molar-refractivity contribution < 1.29 is 9.59 Å². The number of hydrogen-bond donors (Lipinski definition) is 2. The van der Waals surface area contributed by atoms with Crippen molar-refractivity contribution in [3.05, 3.63) is 46.0 Å². The van der Waals surface area contributed by atoms with Crippen molar-refractivity contribution in [1.82, 2.24) is 19.9 Å². The second-order valence-electron chi connectivity index (χ2n) is 9.29. The number of aromatic nitrogens is 3. The molecule has 2 N–H and O–H groups in total. The summed E-state index contributed by atoms with van der Waals surface area (Å²) in [6.45, 7) is 9.09. The van der Waals surface area contributed by atoms with Crippen LogP contribution in [0.15, 0.2) is 29.3 Å². The summed E-state index contributed by atoms with van der Waals surface area (Å²) in [5, 5.41) is 6.62. The number of carbonyl (C=O) groups is 2. The van der Waals surface area contributed by atoms with E-state index in [-0.39, 0.29) is 35.9 Å². The maximum Gasteiger partial charge on any atom is 0.273 e. The van der Waals surface area contributed by atoms with Crippen LogP contribution in [0.1, 0.15) is 44.7 Å². The molecule has 1 aliphatic heterocycles. The molecule has 1 fully saturated rings. The number of piperidine rings is 1. The Morgan fingerprint density at radius 2 is 2.09 bits per heavy atom. The second kappa shape index (κ2) is 10.6. The average Bonchev–Trinajstić information content (AvgIpc) is 3.27. The van der Waals surface area contributed by atoms with Crippen molar-refractivity contribution in [3.63, 3.8) is 0 Å². The molecular formula is C25H32N6O3S. The first kappa shape index (κ1) is 24.8. The van der Waals surface area contributed by atoms with Crippen LogP contribution in [0.2, 0.25) is 0 Å². The topological polar surface area (TPSA) is 109 Å². The van der Waals surface area contributed by atoms with E-state index in [9.17, 15) is 14.4 Å². The Labute approximate surface area is 208 Å². The van der Waals surface area contributed by atoms with Crippen LogP contribution in [0.3, 0.4) is 0 Å². The zero-order chi connectivity index (χ0) is 25.1. The Bertz CT molecular complexity index is 1300. The predicted molar refractivity (Wildman–Crippen MR) is 139 cm³/mol. The minimum Gasteiger partial charge on any atom is -0.354 e. The Balaban J connectivity index is 1.51. The van der Waals surface area contributed by atoms with Gasteiger partial charge in [-0.1, -0.05) is 36.5 Å². The van der Waals surface area contributed by atoms with Crippen LogP contribution in [0, 0.1) is 12.8 Å². The van der Waals surface area contributed by atoms with Crippen LogP contribution in [-0.2, 0) is 22.6 Å². The van der Waals surface area contributed by atoms with Crippen molar-refractivity contribution in [1.29, 1.82) is 0 Å². The van der Waals surface area contributed by atoms with Crippen molar-refractivity contribution in [3.8, 4) is 0 Å². The van der Waals surface area contributed by atoms with Crippen LogP contribution in [-0.4, -0.2) is 45.5 Å². The smallest absolute Gasteiger partial charge is 0.273 e. The molecule has 3 aromatic rings. The molecule has 2 aromatic heterocycles. The highest BCUT2D eigenvalue weighted by Crippen LogP contribution is 2.29. The third-order valence-electron chi connectivity index (χ3n) is 6.18. The molecule has 3 heterocycles. The molecule has 0 spiro atoms. The van der Waals surface area contributed by atoms with Gasteiger partial charge in [-0.05, 0) is 51.2 Å². The number of rotatable bonds is 7. The monoisotopic (exact) mass is 496 g/mol. The van der Waals surface area contributed by atoms with Gasteiger partial charge in [0.05, 0.1) is 5.92 Å². The largest absolute Gasteiger partial charge is 0.354 e. The van der Waals surface area contributed by atoms with Crippen molar-refractivity contribution in [2.75, 3.05) is 23.3 Å². The number of thiazole rings is 1. The van der Waals surface area contributed by atoms with Gasteiger partial charge in [0, 0.05) is 24.8 Å². The summed E-state index contributed by atoms with van der Waals surface area (Å²) < 4.78 is 1.73. The van der Waals surface area contributed by atoms with Gasteiger partial charge >= 0.3 is 0 Å². The first-order valence-electron chi connectivity index (χ1n) is 12.1. The average molecular weight is 497 g/mol. The summed E-state index contributed by atoms with van der Waals surface area (Å²) in [6.07, 6.45) is 3.88. The fraction of sp³-hybridized carbons (Fsp3) is 0.480. The molecule has 0 saturated carbocycles. The second-order valence-corrected chi connectivity index (χ2v) is 10.3.